The average molecular weight is 376 g/mol. The summed E-state index contributed by atoms with van der Waals surface area (Å²) < 4.78 is 13.4. The van der Waals surface area contributed by atoms with Crippen LogP contribution in [0.2, 0.25) is 0 Å². The van der Waals surface area contributed by atoms with E-state index in [0.717, 1.165) is 10.6 Å². The quantitative estimate of drug-likeness (QED) is 0.832. The fraction of sp³-hybridized carbons (Fsp3) is 0.389. The number of halogens is 1. The molecule has 2 aromatic rings. The third-order valence-electron chi connectivity index (χ3n) is 4.37. The third-order valence-corrected chi connectivity index (χ3v) is 5.13. The molecule has 0 saturated carbocycles. The lowest BCUT2D eigenvalue weighted by atomic mass is 10.1. The Labute approximate surface area is 155 Å². The van der Waals surface area contributed by atoms with Crippen molar-refractivity contribution in [2.45, 2.75) is 25.6 Å². The fourth-order valence-electron chi connectivity index (χ4n) is 2.99. The minimum Gasteiger partial charge on any atom is -0.353 e. The van der Waals surface area contributed by atoms with Gasteiger partial charge in [0.1, 0.15) is 10.8 Å². The van der Waals surface area contributed by atoms with Crippen molar-refractivity contribution in [1.82, 2.24) is 20.1 Å². The van der Waals surface area contributed by atoms with Gasteiger partial charge in [0, 0.05) is 38.3 Å². The molecular formula is C18H21FN4O2S. The minimum absolute atomic E-state index is 0.0863. The Morgan fingerprint density at radius 3 is 3.08 bits per heavy atom. The zero-order valence-corrected chi connectivity index (χ0v) is 15.3. The van der Waals surface area contributed by atoms with E-state index in [2.05, 4.69) is 10.3 Å². The predicted molar refractivity (Wildman–Crippen MR) is 96.8 cm³/mol. The van der Waals surface area contributed by atoms with Gasteiger partial charge in [-0.25, -0.2) is 9.37 Å². The summed E-state index contributed by atoms with van der Waals surface area (Å²) in [5.41, 5.74) is 0.785. The molecule has 0 bridgehead atoms. The largest absolute Gasteiger partial charge is 0.353 e. The lowest BCUT2D eigenvalue weighted by molar-refractivity contribution is -0.138. The molecule has 6 nitrogen and oxygen atoms in total. The molecule has 2 amide bonds. The molecule has 0 spiro atoms. The summed E-state index contributed by atoms with van der Waals surface area (Å²) in [4.78, 5) is 32.6. The van der Waals surface area contributed by atoms with Crippen molar-refractivity contribution in [2.75, 3.05) is 20.1 Å². The van der Waals surface area contributed by atoms with Gasteiger partial charge in [0.2, 0.25) is 11.8 Å². The zero-order valence-electron chi connectivity index (χ0n) is 14.5. The number of amides is 2. The van der Waals surface area contributed by atoms with Crippen molar-refractivity contribution in [3.63, 3.8) is 0 Å². The Morgan fingerprint density at radius 1 is 1.50 bits per heavy atom. The van der Waals surface area contributed by atoms with Gasteiger partial charge in [-0.2, -0.15) is 0 Å². The zero-order chi connectivity index (χ0) is 18.5. The Balaban J connectivity index is 1.65. The van der Waals surface area contributed by atoms with Crippen molar-refractivity contribution in [1.29, 1.82) is 0 Å². The van der Waals surface area contributed by atoms with Crippen LogP contribution in [0.5, 0.6) is 0 Å². The number of piperazine rings is 1. The smallest absolute Gasteiger partial charge is 0.237 e. The standard InChI is InChI=1S/C18H21FN4O2S/c1-22(12-16-20-6-8-26-16)17(24)10-15-18(25)21-5-7-23(15)11-13-3-2-4-14(19)9-13/h2-4,6,8-9,15H,5,7,10-12H2,1H3,(H,21,25). The molecule has 1 saturated heterocycles. The van der Waals surface area contributed by atoms with Crippen LogP contribution < -0.4 is 5.32 Å². The molecule has 2 heterocycles. The number of nitrogens with zero attached hydrogens (tertiary/aromatic N) is 3. The number of benzene rings is 1. The molecule has 138 valence electrons. The molecule has 0 aliphatic carbocycles. The molecular weight excluding hydrogens is 355 g/mol. The van der Waals surface area contributed by atoms with Crippen LogP contribution in [0.25, 0.3) is 0 Å². The highest BCUT2D eigenvalue weighted by atomic mass is 32.1. The van der Waals surface area contributed by atoms with Gasteiger partial charge in [0.25, 0.3) is 0 Å². The van der Waals surface area contributed by atoms with Crippen LogP contribution in [-0.4, -0.2) is 52.8 Å². The second-order valence-corrected chi connectivity index (χ2v) is 7.27. The predicted octanol–water partition coefficient (Wildman–Crippen LogP) is 1.63. The third kappa shape index (κ3) is 4.64. The second-order valence-electron chi connectivity index (χ2n) is 6.29. The number of carbonyl (C=O) groups is 2. The molecule has 1 fully saturated rings. The number of nitrogens with one attached hydrogen (secondary N) is 1. The van der Waals surface area contributed by atoms with E-state index in [9.17, 15) is 14.0 Å². The lowest BCUT2D eigenvalue weighted by Gasteiger charge is -2.35. The Bertz CT molecular complexity index is 768. The molecule has 1 N–H and O–H groups in total. The van der Waals surface area contributed by atoms with Gasteiger partial charge in [-0.05, 0) is 17.7 Å². The molecule has 1 aliphatic heterocycles. The van der Waals surface area contributed by atoms with Gasteiger partial charge in [0.15, 0.2) is 0 Å². The molecule has 8 heteroatoms. The van der Waals surface area contributed by atoms with Crippen LogP contribution in [0.15, 0.2) is 35.8 Å². The first-order chi connectivity index (χ1) is 12.5. The van der Waals surface area contributed by atoms with Crippen molar-refractivity contribution in [3.05, 3.63) is 52.2 Å². The Hall–Kier alpha value is -2.32. The molecule has 1 aromatic heterocycles. The van der Waals surface area contributed by atoms with E-state index >= 15 is 0 Å². The van der Waals surface area contributed by atoms with Gasteiger partial charge < -0.3 is 10.2 Å². The Kier molecular flexibility index (Phi) is 5.95. The van der Waals surface area contributed by atoms with Gasteiger partial charge in [-0.15, -0.1) is 11.3 Å². The molecule has 3 rings (SSSR count). The maximum Gasteiger partial charge on any atom is 0.237 e. The second kappa shape index (κ2) is 8.37. The molecule has 26 heavy (non-hydrogen) atoms. The van der Waals surface area contributed by atoms with Gasteiger partial charge in [-0.1, -0.05) is 12.1 Å². The van der Waals surface area contributed by atoms with Crippen molar-refractivity contribution >= 4 is 23.2 Å². The highest BCUT2D eigenvalue weighted by Crippen LogP contribution is 2.16. The van der Waals surface area contributed by atoms with Crippen LogP contribution in [0.1, 0.15) is 17.0 Å². The van der Waals surface area contributed by atoms with E-state index in [0.29, 0.717) is 26.2 Å². The highest BCUT2D eigenvalue weighted by molar-refractivity contribution is 7.09. The molecule has 1 aromatic carbocycles. The summed E-state index contributed by atoms with van der Waals surface area (Å²) in [5, 5.41) is 5.53. The molecule has 0 radical (unpaired) electrons. The van der Waals surface area contributed by atoms with E-state index in [1.165, 1.54) is 23.5 Å². The summed E-state index contributed by atoms with van der Waals surface area (Å²) >= 11 is 1.49. The number of hydrogen-bond acceptors (Lipinski definition) is 5. The number of carbonyl (C=O) groups excluding carboxylic acids is 2. The van der Waals surface area contributed by atoms with Crippen LogP contribution in [0, 0.1) is 5.82 Å². The van der Waals surface area contributed by atoms with E-state index in [4.69, 9.17) is 0 Å². The van der Waals surface area contributed by atoms with Crippen molar-refractivity contribution in [3.8, 4) is 0 Å². The topological polar surface area (TPSA) is 65.5 Å². The number of thiazole rings is 1. The first-order valence-corrected chi connectivity index (χ1v) is 9.29. The van der Waals surface area contributed by atoms with E-state index in [1.54, 1.807) is 24.2 Å². The maximum atomic E-state index is 13.4. The van der Waals surface area contributed by atoms with E-state index in [-0.39, 0.29) is 24.1 Å². The van der Waals surface area contributed by atoms with E-state index < -0.39 is 6.04 Å². The Morgan fingerprint density at radius 2 is 2.35 bits per heavy atom. The van der Waals surface area contributed by atoms with Crippen LogP contribution >= 0.6 is 11.3 Å². The van der Waals surface area contributed by atoms with Crippen LogP contribution in [0.3, 0.4) is 0 Å². The van der Waals surface area contributed by atoms with Crippen molar-refractivity contribution in [2.24, 2.45) is 0 Å². The minimum atomic E-state index is -0.557. The highest BCUT2D eigenvalue weighted by Gasteiger charge is 2.32. The normalized spacial score (nSPS) is 17.8. The number of rotatable bonds is 6. The van der Waals surface area contributed by atoms with Gasteiger partial charge >= 0.3 is 0 Å². The van der Waals surface area contributed by atoms with Crippen LogP contribution in [0.4, 0.5) is 4.39 Å². The fourth-order valence-corrected chi connectivity index (χ4v) is 3.66. The van der Waals surface area contributed by atoms with Gasteiger partial charge in [-0.3, -0.25) is 14.5 Å². The lowest BCUT2D eigenvalue weighted by Crippen LogP contribution is -2.56. The van der Waals surface area contributed by atoms with Crippen molar-refractivity contribution < 1.29 is 14.0 Å². The molecule has 1 atom stereocenters. The van der Waals surface area contributed by atoms with E-state index in [1.807, 2.05) is 16.3 Å². The monoisotopic (exact) mass is 376 g/mol. The first kappa shape index (κ1) is 18.5. The average Bonchev–Trinajstić information content (AvgIpc) is 3.11. The SMILES string of the molecule is CN(Cc1nccs1)C(=O)CC1C(=O)NCCN1Cc1cccc(F)c1. The van der Waals surface area contributed by atoms with Gasteiger partial charge in [0.05, 0.1) is 19.0 Å². The molecule has 1 aliphatic rings. The maximum absolute atomic E-state index is 13.4. The summed E-state index contributed by atoms with van der Waals surface area (Å²) in [6.45, 7) is 2.00. The summed E-state index contributed by atoms with van der Waals surface area (Å²) in [5.74, 6) is -0.588. The summed E-state index contributed by atoms with van der Waals surface area (Å²) in [6, 6.07) is 5.76. The number of hydrogen-bond donors (Lipinski definition) is 1. The molecule has 1 unspecified atom stereocenters. The summed E-state index contributed by atoms with van der Waals surface area (Å²) in [6.07, 6.45) is 1.79. The summed E-state index contributed by atoms with van der Waals surface area (Å²) in [7, 11) is 1.71. The first-order valence-electron chi connectivity index (χ1n) is 8.41. The van der Waals surface area contributed by atoms with Crippen LogP contribution in [-0.2, 0) is 22.7 Å². The number of aromatic nitrogens is 1.